The van der Waals surface area contributed by atoms with E-state index >= 15 is 0 Å². The molecule has 0 aromatic rings. The van der Waals surface area contributed by atoms with E-state index in [2.05, 4.69) is 20.8 Å². The van der Waals surface area contributed by atoms with E-state index in [1.165, 1.54) is 40.6 Å². The van der Waals surface area contributed by atoms with Crippen molar-refractivity contribution in [2.24, 2.45) is 0 Å². The largest absolute Gasteiger partial charge is 0.0817 e. The third-order valence-electron chi connectivity index (χ3n) is 0.699. The van der Waals surface area contributed by atoms with Crippen LogP contribution in [0.5, 0.6) is 0 Å². The lowest BCUT2D eigenvalue weighted by Crippen LogP contribution is -1.66. The highest BCUT2D eigenvalue weighted by molar-refractivity contribution is 9.26. The molecule has 82 valence electrons. The Kier molecular flexibility index (Phi) is 25.2. The van der Waals surface area contributed by atoms with Gasteiger partial charge in [-0.2, -0.15) is 0 Å². The summed E-state index contributed by atoms with van der Waals surface area (Å²) in [4.78, 5) is 0. The second-order valence-corrected chi connectivity index (χ2v) is 10.1. The van der Waals surface area contributed by atoms with Crippen LogP contribution in [0.25, 0.3) is 0 Å². The van der Waals surface area contributed by atoms with Gasteiger partial charge >= 0.3 is 0 Å². The second-order valence-electron chi connectivity index (χ2n) is 2.49. The van der Waals surface area contributed by atoms with Crippen LogP contribution in [0.15, 0.2) is 0 Å². The topological polar surface area (TPSA) is 0 Å². The summed E-state index contributed by atoms with van der Waals surface area (Å²) in [6.07, 6.45) is 2.58. The van der Waals surface area contributed by atoms with Gasteiger partial charge in [-0.3, -0.25) is 0 Å². The lowest BCUT2D eigenvalue weighted by Gasteiger charge is -1.95. The molecule has 0 rings (SSSR count). The summed E-state index contributed by atoms with van der Waals surface area (Å²) < 4.78 is 0. The maximum absolute atomic E-state index is 2.22. The van der Waals surface area contributed by atoms with Gasteiger partial charge in [0.25, 0.3) is 0 Å². The maximum Gasteiger partial charge on any atom is 0.00427 e. The molecule has 0 saturated carbocycles. The molecule has 0 aliphatic heterocycles. The molecule has 0 unspecified atom stereocenters. The molecular weight excluding hydrogens is 252 g/mol. The van der Waals surface area contributed by atoms with Gasteiger partial charge in [-0.1, -0.05) is 48.4 Å². The van der Waals surface area contributed by atoms with Gasteiger partial charge in [-0.25, -0.2) is 0 Å². The summed E-state index contributed by atoms with van der Waals surface area (Å²) in [7, 11) is 9.12. The minimum atomic E-state index is 1.28. The van der Waals surface area contributed by atoms with Crippen molar-refractivity contribution in [3.05, 3.63) is 0 Å². The van der Waals surface area contributed by atoms with Gasteiger partial charge in [-0.15, -0.1) is 0 Å². The molecule has 0 atom stereocenters. The van der Waals surface area contributed by atoms with Gasteiger partial charge in [0.1, 0.15) is 0 Å². The van der Waals surface area contributed by atoms with Gasteiger partial charge in [0.05, 0.1) is 0 Å². The lowest BCUT2D eigenvalue weighted by molar-refractivity contribution is 1.11. The van der Waals surface area contributed by atoms with Crippen LogP contribution in [0.4, 0.5) is 0 Å². The fourth-order valence-corrected chi connectivity index (χ4v) is 6.52. The molecule has 0 heterocycles. The van der Waals surface area contributed by atoms with Crippen LogP contribution >= 0.6 is 41.2 Å². The molecule has 0 saturated heterocycles. The normalized spacial score (nSPS) is 9.46. The Morgan fingerprint density at radius 2 is 1.15 bits per heavy atom. The van der Waals surface area contributed by atoms with E-state index in [4.69, 9.17) is 0 Å². The van der Waals surface area contributed by atoms with Gasteiger partial charge in [-0.05, 0) is 32.5 Å². The Morgan fingerprint density at radius 3 is 1.38 bits per heavy atom. The number of rotatable bonds is 7. The van der Waals surface area contributed by atoms with Crippen molar-refractivity contribution in [3.8, 4) is 0 Å². The Hall–Kier alpha value is 1.62. The van der Waals surface area contributed by atoms with Crippen molar-refractivity contribution in [2.45, 2.75) is 39.7 Å². The van der Waals surface area contributed by atoms with Gasteiger partial charge < -0.3 is 0 Å². The monoisotopic (exact) mass is 274 g/mol. The predicted molar refractivity (Wildman–Crippen MR) is 81.1 cm³/mol. The highest BCUT2D eigenvalue weighted by Gasteiger charge is 1.89. The molecule has 0 bridgehead atoms. The first-order valence-corrected chi connectivity index (χ1v) is 11.5. The molecule has 0 aromatic heterocycles. The van der Waals surface area contributed by atoms with Crippen molar-refractivity contribution in [3.63, 3.8) is 0 Å². The Labute approximate surface area is 102 Å². The summed E-state index contributed by atoms with van der Waals surface area (Å²) in [5.41, 5.74) is 0. The maximum atomic E-state index is 2.22. The van der Waals surface area contributed by atoms with E-state index in [0.717, 1.165) is 0 Å². The highest BCUT2D eigenvalue weighted by Crippen LogP contribution is 2.43. The first-order valence-electron chi connectivity index (χ1n) is 4.91. The van der Waals surface area contributed by atoms with Gasteiger partial charge in [0.15, 0.2) is 0 Å². The molecule has 0 N–H and O–H groups in total. The highest BCUT2D eigenvalue weighted by atomic mass is 33.7. The van der Waals surface area contributed by atoms with Crippen molar-refractivity contribution < 1.29 is 0 Å². The SMILES string of the molecule is CCCSSSSCCC.CC[SiH3]. The van der Waals surface area contributed by atoms with E-state index in [1.54, 1.807) is 0 Å². The van der Waals surface area contributed by atoms with Crippen LogP contribution in [0.3, 0.4) is 0 Å². The molecule has 0 aliphatic carbocycles. The zero-order chi connectivity index (χ0) is 10.4. The van der Waals surface area contributed by atoms with Crippen LogP contribution < -0.4 is 0 Å². The first-order chi connectivity index (χ1) is 6.33. The van der Waals surface area contributed by atoms with Gasteiger partial charge in [0.2, 0.25) is 0 Å². The molecule has 0 radical (unpaired) electrons. The molecule has 5 heteroatoms. The van der Waals surface area contributed by atoms with Gasteiger partial charge in [0, 0.05) is 21.7 Å². The molecule has 0 aromatic carbocycles. The standard InChI is InChI=1S/C6H14S4.C2H8Si/c1-3-5-7-9-10-8-6-4-2;1-2-3/h3-6H2,1-2H3;2H2,1,3H3. The predicted octanol–water partition coefficient (Wildman–Crippen LogP) is 4.27. The Bertz CT molecular complexity index is 65.2. The summed E-state index contributed by atoms with van der Waals surface area (Å²) in [6.45, 7) is 6.63. The minimum Gasteiger partial charge on any atom is -0.0817 e. The molecule has 0 amide bonds. The van der Waals surface area contributed by atoms with E-state index in [1.807, 2.05) is 41.2 Å². The Balaban J connectivity index is 0. The molecule has 0 fully saturated rings. The van der Waals surface area contributed by atoms with E-state index in [9.17, 15) is 0 Å². The van der Waals surface area contributed by atoms with E-state index in [-0.39, 0.29) is 0 Å². The number of hydrogen-bond acceptors (Lipinski definition) is 4. The average Bonchev–Trinajstić information content (AvgIpc) is 2.13. The van der Waals surface area contributed by atoms with E-state index in [0.29, 0.717) is 0 Å². The summed E-state index contributed by atoms with van der Waals surface area (Å²) in [5, 5.41) is 0. The third-order valence-corrected chi connectivity index (χ3v) is 7.57. The fourth-order valence-electron chi connectivity index (χ4n) is 0.274. The van der Waals surface area contributed by atoms with E-state index < -0.39 is 0 Å². The summed E-state index contributed by atoms with van der Waals surface area (Å²) >= 11 is 0. The molecule has 13 heavy (non-hydrogen) atoms. The zero-order valence-electron chi connectivity index (χ0n) is 9.17. The van der Waals surface area contributed by atoms with Crippen LogP contribution in [-0.2, 0) is 0 Å². The first kappa shape index (κ1) is 17.0. The molecule has 0 nitrogen and oxygen atoms in total. The van der Waals surface area contributed by atoms with Crippen LogP contribution in [0.1, 0.15) is 33.6 Å². The second kappa shape index (κ2) is 19.2. The van der Waals surface area contributed by atoms with Crippen molar-refractivity contribution in [2.75, 3.05) is 11.5 Å². The quantitative estimate of drug-likeness (QED) is 0.386. The van der Waals surface area contributed by atoms with Crippen LogP contribution in [-0.4, -0.2) is 21.7 Å². The van der Waals surface area contributed by atoms with Crippen molar-refractivity contribution >= 4 is 51.5 Å². The lowest BCUT2D eigenvalue weighted by atomic mass is 10.6. The number of hydrogen-bond donors (Lipinski definition) is 0. The van der Waals surface area contributed by atoms with Crippen molar-refractivity contribution in [1.29, 1.82) is 0 Å². The zero-order valence-corrected chi connectivity index (χ0v) is 14.4. The van der Waals surface area contributed by atoms with Crippen LogP contribution in [0, 0.1) is 0 Å². The van der Waals surface area contributed by atoms with Crippen LogP contribution in [0.2, 0.25) is 6.04 Å². The molecular formula is C8H22S4Si. The minimum absolute atomic E-state index is 1.28. The Morgan fingerprint density at radius 1 is 0.846 bits per heavy atom. The fraction of sp³-hybridized carbons (Fsp3) is 1.00. The molecule has 0 aliphatic rings. The third kappa shape index (κ3) is 24.7. The average molecular weight is 275 g/mol. The molecule has 0 spiro atoms. The smallest absolute Gasteiger partial charge is 0.00427 e. The van der Waals surface area contributed by atoms with Crippen molar-refractivity contribution in [1.82, 2.24) is 0 Å². The summed E-state index contributed by atoms with van der Waals surface area (Å²) in [5.74, 6) is 2.56. The summed E-state index contributed by atoms with van der Waals surface area (Å²) in [6, 6.07) is 1.39.